The van der Waals surface area contributed by atoms with Crippen LogP contribution in [0.1, 0.15) is 4.88 Å². The van der Waals surface area contributed by atoms with Crippen LogP contribution in [0.5, 0.6) is 0 Å². The molecule has 0 aliphatic carbocycles. The molecule has 0 amide bonds. The number of nitrogens with one attached hydrogen (secondary N) is 1. The molecule has 0 aliphatic rings. The maximum Gasteiger partial charge on any atom is 0.250 e. The van der Waals surface area contributed by atoms with Gasteiger partial charge in [0.1, 0.15) is 4.21 Å². The van der Waals surface area contributed by atoms with E-state index < -0.39 is 10.0 Å². The van der Waals surface area contributed by atoms with Crippen molar-refractivity contribution in [2.75, 3.05) is 5.73 Å². The van der Waals surface area contributed by atoms with E-state index in [0.717, 1.165) is 16.2 Å². The van der Waals surface area contributed by atoms with Gasteiger partial charge in [-0.2, -0.15) is 0 Å². The van der Waals surface area contributed by atoms with Crippen molar-refractivity contribution in [3.63, 3.8) is 0 Å². The van der Waals surface area contributed by atoms with Gasteiger partial charge in [0.15, 0.2) is 0 Å². The Balaban J connectivity index is 2.08. The number of halogens is 1. The lowest BCUT2D eigenvalue weighted by Crippen LogP contribution is -2.21. The van der Waals surface area contributed by atoms with E-state index in [2.05, 4.69) is 4.72 Å². The number of nitrogen functional groups attached to an aromatic ring is 1. The van der Waals surface area contributed by atoms with Crippen molar-refractivity contribution in [1.82, 2.24) is 4.72 Å². The first-order chi connectivity index (χ1) is 7.97. The average molecular weight is 309 g/mol. The largest absolute Gasteiger partial charge is 0.398 e. The van der Waals surface area contributed by atoms with Crippen LogP contribution in [0.4, 0.5) is 5.69 Å². The fourth-order valence-corrected chi connectivity index (χ4v) is 4.41. The molecule has 4 nitrogen and oxygen atoms in total. The molecule has 17 heavy (non-hydrogen) atoms. The summed E-state index contributed by atoms with van der Waals surface area (Å²) in [6.07, 6.45) is 0. The Morgan fingerprint density at radius 3 is 2.71 bits per heavy atom. The van der Waals surface area contributed by atoms with Crippen LogP contribution in [0.2, 0.25) is 4.34 Å². The zero-order valence-corrected chi connectivity index (χ0v) is 11.7. The van der Waals surface area contributed by atoms with Crippen LogP contribution >= 0.6 is 34.3 Å². The summed E-state index contributed by atoms with van der Waals surface area (Å²) in [4.78, 5) is 0.864. The predicted molar refractivity (Wildman–Crippen MR) is 72.1 cm³/mol. The second kappa shape index (κ2) is 4.95. The fourth-order valence-electron chi connectivity index (χ4n) is 1.16. The lowest BCUT2D eigenvalue weighted by Gasteiger charge is -2.02. The van der Waals surface area contributed by atoms with Crippen molar-refractivity contribution in [1.29, 1.82) is 0 Å². The summed E-state index contributed by atoms with van der Waals surface area (Å²) >= 11 is 8.20. The van der Waals surface area contributed by atoms with Crippen LogP contribution in [-0.4, -0.2) is 8.42 Å². The lowest BCUT2D eigenvalue weighted by atomic mass is 10.5. The number of hydrogen-bond acceptors (Lipinski definition) is 5. The van der Waals surface area contributed by atoms with E-state index >= 15 is 0 Å². The van der Waals surface area contributed by atoms with Crippen molar-refractivity contribution >= 4 is 50.0 Å². The summed E-state index contributed by atoms with van der Waals surface area (Å²) < 4.78 is 27.0. The molecule has 0 atom stereocenters. The molecule has 2 aromatic rings. The third-order valence-corrected chi connectivity index (χ3v) is 6.02. The smallest absolute Gasteiger partial charge is 0.250 e. The molecule has 2 rings (SSSR count). The van der Waals surface area contributed by atoms with E-state index in [9.17, 15) is 8.42 Å². The van der Waals surface area contributed by atoms with Crippen molar-refractivity contribution < 1.29 is 8.42 Å². The van der Waals surface area contributed by atoms with Crippen molar-refractivity contribution in [3.05, 3.63) is 32.8 Å². The number of anilines is 1. The van der Waals surface area contributed by atoms with Gasteiger partial charge in [-0.25, -0.2) is 13.1 Å². The molecule has 2 aromatic heterocycles. The van der Waals surface area contributed by atoms with Crippen molar-refractivity contribution in [2.45, 2.75) is 10.8 Å². The Kier molecular flexibility index (Phi) is 3.74. The van der Waals surface area contributed by atoms with Crippen LogP contribution in [-0.2, 0) is 16.6 Å². The zero-order valence-electron chi connectivity index (χ0n) is 8.51. The Morgan fingerprint density at radius 2 is 2.18 bits per heavy atom. The molecule has 92 valence electrons. The van der Waals surface area contributed by atoms with Crippen molar-refractivity contribution in [2.24, 2.45) is 0 Å². The lowest BCUT2D eigenvalue weighted by molar-refractivity contribution is 0.584. The van der Waals surface area contributed by atoms with E-state index in [1.807, 2.05) is 0 Å². The van der Waals surface area contributed by atoms with E-state index in [4.69, 9.17) is 17.3 Å². The molecule has 0 fully saturated rings. The van der Waals surface area contributed by atoms with E-state index in [1.54, 1.807) is 17.5 Å². The monoisotopic (exact) mass is 308 g/mol. The molecule has 0 saturated carbocycles. The Hall–Kier alpha value is -0.600. The Labute approximate surface area is 112 Å². The van der Waals surface area contributed by atoms with E-state index in [0.29, 0.717) is 10.0 Å². The summed E-state index contributed by atoms with van der Waals surface area (Å²) in [5, 5.41) is 1.59. The van der Waals surface area contributed by atoms with Gasteiger partial charge in [-0.1, -0.05) is 11.6 Å². The number of thiophene rings is 2. The quantitative estimate of drug-likeness (QED) is 0.911. The maximum absolute atomic E-state index is 11.8. The highest BCUT2D eigenvalue weighted by atomic mass is 35.5. The number of sulfonamides is 1. The van der Waals surface area contributed by atoms with Gasteiger partial charge >= 0.3 is 0 Å². The zero-order chi connectivity index (χ0) is 12.5. The van der Waals surface area contributed by atoms with Gasteiger partial charge in [0.2, 0.25) is 10.0 Å². The average Bonchev–Trinajstić information content (AvgIpc) is 2.85. The maximum atomic E-state index is 11.8. The summed E-state index contributed by atoms with van der Waals surface area (Å²) in [6, 6.07) is 4.96. The molecule has 0 unspecified atom stereocenters. The van der Waals surface area contributed by atoms with Crippen LogP contribution in [0.25, 0.3) is 0 Å². The van der Waals surface area contributed by atoms with Gasteiger partial charge in [0.05, 0.1) is 4.34 Å². The van der Waals surface area contributed by atoms with Crippen molar-refractivity contribution in [3.8, 4) is 0 Å². The second-order valence-electron chi connectivity index (χ2n) is 3.23. The molecule has 8 heteroatoms. The highest BCUT2D eigenvalue weighted by Crippen LogP contribution is 2.24. The number of hydrogen-bond donors (Lipinski definition) is 2. The van der Waals surface area contributed by atoms with Gasteiger partial charge in [-0.3, -0.25) is 0 Å². The van der Waals surface area contributed by atoms with Gasteiger partial charge in [-0.05, 0) is 18.2 Å². The molecule has 0 bridgehead atoms. The molecule has 0 aromatic carbocycles. The third kappa shape index (κ3) is 3.20. The summed E-state index contributed by atoms with van der Waals surface area (Å²) in [6.45, 7) is 0.234. The summed E-state index contributed by atoms with van der Waals surface area (Å²) in [7, 11) is -3.48. The number of nitrogens with two attached hydrogens (primary N) is 1. The summed E-state index contributed by atoms with van der Waals surface area (Å²) in [5.74, 6) is 0. The molecular weight excluding hydrogens is 300 g/mol. The van der Waals surface area contributed by atoms with Crippen LogP contribution in [0.15, 0.2) is 27.8 Å². The molecule has 3 N–H and O–H groups in total. The third-order valence-electron chi connectivity index (χ3n) is 1.93. The molecule has 0 aliphatic heterocycles. The predicted octanol–water partition coefficient (Wildman–Crippen LogP) is 2.52. The molecule has 0 saturated heterocycles. The fraction of sp³-hybridized carbons (Fsp3) is 0.111. The van der Waals surface area contributed by atoms with Gasteiger partial charge in [0.25, 0.3) is 0 Å². The van der Waals surface area contributed by atoms with E-state index in [-0.39, 0.29) is 10.8 Å². The first kappa shape index (κ1) is 12.8. The summed E-state index contributed by atoms with van der Waals surface area (Å²) in [5.41, 5.74) is 5.94. The standard InChI is InChI=1S/C9H9ClN2O2S3/c10-8-2-1-7(16-8)4-12-17(13,14)9-3-6(11)5-15-9/h1-3,5,12H,4,11H2. The molecular formula is C9H9ClN2O2S3. The number of rotatable bonds is 4. The van der Waals surface area contributed by atoms with Crippen LogP contribution in [0.3, 0.4) is 0 Å². The Morgan fingerprint density at radius 1 is 1.41 bits per heavy atom. The minimum Gasteiger partial charge on any atom is -0.398 e. The highest BCUT2D eigenvalue weighted by molar-refractivity contribution is 7.91. The molecule has 0 radical (unpaired) electrons. The van der Waals surface area contributed by atoms with Gasteiger partial charge in [-0.15, -0.1) is 22.7 Å². The molecule has 0 spiro atoms. The van der Waals surface area contributed by atoms with Crippen LogP contribution < -0.4 is 10.5 Å². The second-order valence-corrected chi connectivity index (χ2v) is 7.93. The first-order valence-corrected chi connectivity index (χ1v) is 8.11. The Bertz CT molecular complexity index is 618. The minimum atomic E-state index is -3.48. The van der Waals surface area contributed by atoms with Crippen LogP contribution in [0, 0.1) is 0 Å². The molecule has 2 heterocycles. The topological polar surface area (TPSA) is 72.2 Å². The van der Waals surface area contributed by atoms with Gasteiger partial charge in [0, 0.05) is 22.5 Å². The first-order valence-electron chi connectivity index (χ1n) is 4.55. The minimum absolute atomic E-state index is 0.220. The highest BCUT2D eigenvalue weighted by Gasteiger charge is 2.16. The SMILES string of the molecule is Nc1csc(S(=O)(=O)NCc2ccc(Cl)s2)c1. The van der Waals surface area contributed by atoms with Gasteiger partial charge < -0.3 is 5.73 Å². The normalized spacial score (nSPS) is 11.8. The van der Waals surface area contributed by atoms with E-state index in [1.165, 1.54) is 17.4 Å².